The SMILES string of the molecule is O=C(O)C=CC(=O)Nc1c2ccccc2nc2ccccc12. The van der Waals surface area contributed by atoms with Gasteiger partial charge in [-0.3, -0.25) is 4.79 Å². The van der Waals surface area contributed by atoms with Gasteiger partial charge in [-0.25, -0.2) is 9.78 Å². The monoisotopic (exact) mass is 292 g/mol. The molecule has 0 aliphatic heterocycles. The van der Waals surface area contributed by atoms with E-state index in [9.17, 15) is 9.59 Å². The number of hydrogen-bond donors (Lipinski definition) is 2. The number of rotatable bonds is 3. The first kappa shape index (κ1) is 13.8. The number of aliphatic carboxylic acids is 1. The maximum atomic E-state index is 11.9. The Morgan fingerprint density at radius 2 is 1.45 bits per heavy atom. The highest BCUT2D eigenvalue weighted by atomic mass is 16.4. The fraction of sp³-hybridized carbons (Fsp3) is 0. The van der Waals surface area contributed by atoms with Gasteiger partial charge in [0.25, 0.3) is 0 Å². The van der Waals surface area contributed by atoms with Gasteiger partial charge in [-0.15, -0.1) is 0 Å². The molecule has 2 N–H and O–H groups in total. The normalized spacial score (nSPS) is 11.1. The van der Waals surface area contributed by atoms with Crippen molar-refractivity contribution in [2.45, 2.75) is 0 Å². The molecule has 1 amide bonds. The summed E-state index contributed by atoms with van der Waals surface area (Å²) in [6, 6.07) is 14.9. The molecular weight excluding hydrogens is 280 g/mol. The third-order valence-corrected chi connectivity index (χ3v) is 3.21. The number of carboxylic acid groups (broad SMARTS) is 1. The Kier molecular flexibility index (Phi) is 3.53. The minimum Gasteiger partial charge on any atom is -0.478 e. The number of benzene rings is 2. The van der Waals surface area contributed by atoms with Crippen molar-refractivity contribution in [2.75, 3.05) is 5.32 Å². The third kappa shape index (κ3) is 2.64. The van der Waals surface area contributed by atoms with E-state index in [0.29, 0.717) is 5.69 Å². The molecule has 0 unspecified atom stereocenters. The topological polar surface area (TPSA) is 79.3 Å². The summed E-state index contributed by atoms with van der Waals surface area (Å²) in [5.74, 6) is -1.66. The van der Waals surface area contributed by atoms with E-state index in [-0.39, 0.29) is 0 Å². The number of para-hydroxylation sites is 2. The second-order valence-corrected chi connectivity index (χ2v) is 4.68. The van der Waals surface area contributed by atoms with Gasteiger partial charge in [-0.2, -0.15) is 0 Å². The van der Waals surface area contributed by atoms with E-state index in [1.807, 2.05) is 48.5 Å². The van der Waals surface area contributed by atoms with Crippen LogP contribution in [0.1, 0.15) is 0 Å². The van der Waals surface area contributed by atoms with Crippen LogP contribution in [-0.4, -0.2) is 22.0 Å². The fourth-order valence-electron chi connectivity index (χ4n) is 2.29. The van der Waals surface area contributed by atoms with Gasteiger partial charge in [0.1, 0.15) is 0 Å². The number of anilines is 1. The lowest BCUT2D eigenvalue weighted by Crippen LogP contribution is -2.10. The van der Waals surface area contributed by atoms with Crippen molar-refractivity contribution in [3.63, 3.8) is 0 Å². The number of hydrogen-bond acceptors (Lipinski definition) is 3. The molecule has 3 rings (SSSR count). The molecule has 3 aromatic rings. The van der Waals surface area contributed by atoms with Crippen LogP contribution in [0.2, 0.25) is 0 Å². The number of carboxylic acids is 1. The Morgan fingerprint density at radius 1 is 0.909 bits per heavy atom. The van der Waals surface area contributed by atoms with Gasteiger partial charge in [0.05, 0.1) is 16.7 Å². The highest BCUT2D eigenvalue weighted by Crippen LogP contribution is 2.30. The highest BCUT2D eigenvalue weighted by Gasteiger charge is 2.10. The lowest BCUT2D eigenvalue weighted by Gasteiger charge is -2.10. The van der Waals surface area contributed by atoms with Crippen molar-refractivity contribution >= 4 is 39.4 Å². The van der Waals surface area contributed by atoms with Gasteiger partial charge in [0, 0.05) is 22.9 Å². The fourth-order valence-corrected chi connectivity index (χ4v) is 2.29. The number of carbonyl (C=O) groups excluding carboxylic acids is 1. The molecule has 0 fully saturated rings. The molecule has 2 aromatic carbocycles. The molecule has 1 heterocycles. The number of fused-ring (bicyclic) bond motifs is 2. The zero-order valence-corrected chi connectivity index (χ0v) is 11.5. The minimum absolute atomic E-state index is 0.496. The standard InChI is InChI=1S/C17H12N2O3/c20-15(9-10-16(21)22)19-17-11-5-1-3-7-13(11)18-14-8-4-2-6-12(14)17/h1-10H,(H,21,22)(H,18,19,20). The summed E-state index contributed by atoms with van der Waals surface area (Å²) in [6.45, 7) is 0. The Morgan fingerprint density at radius 3 is 2.00 bits per heavy atom. The lowest BCUT2D eigenvalue weighted by atomic mass is 10.1. The van der Waals surface area contributed by atoms with E-state index in [4.69, 9.17) is 5.11 Å². The number of nitrogens with zero attached hydrogens (tertiary/aromatic N) is 1. The zero-order chi connectivity index (χ0) is 15.5. The highest BCUT2D eigenvalue weighted by molar-refractivity contribution is 6.15. The largest absolute Gasteiger partial charge is 0.478 e. The molecule has 0 aliphatic rings. The van der Waals surface area contributed by atoms with Crippen molar-refractivity contribution in [1.29, 1.82) is 0 Å². The summed E-state index contributed by atoms with van der Waals surface area (Å²) < 4.78 is 0. The number of carbonyl (C=O) groups is 2. The van der Waals surface area contributed by atoms with Crippen molar-refractivity contribution in [3.05, 3.63) is 60.7 Å². The van der Waals surface area contributed by atoms with Crippen LogP contribution in [0, 0.1) is 0 Å². The van der Waals surface area contributed by atoms with Gasteiger partial charge in [-0.1, -0.05) is 36.4 Å². The lowest BCUT2D eigenvalue weighted by molar-refractivity contribution is -0.131. The molecule has 0 spiro atoms. The molecule has 0 saturated carbocycles. The van der Waals surface area contributed by atoms with Crippen LogP contribution in [-0.2, 0) is 9.59 Å². The molecule has 0 atom stereocenters. The summed E-state index contributed by atoms with van der Waals surface area (Å²) >= 11 is 0. The van der Waals surface area contributed by atoms with Crippen molar-refractivity contribution < 1.29 is 14.7 Å². The number of nitrogens with one attached hydrogen (secondary N) is 1. The quantitative estimate of drug-likeness (QED) is 0.574. The number of pyridine rings is 1. The van der Waals surface area contributed by atoms with Crippen LogP contribution in [0.3, 0.4) is 0 Å². The van der Waals surface area contributed by atoms with Crippen LogP contribution in [0.4, 0.5) is 5.69 Å². The second-order valence-electron chi connectivity index (χ2n) is 4.68. The zero-order valence-electron chi connectivity index (χ0n) is 11.5. The summed E-state index contributed by atoms with van der Waals surface area (Å²) in [5, 5.41) is 13.0. The molecule has 0 bridgehead atoms. The minimum atomic E-state index is -1.17. The van der Waals surface area contributed by atoms with Gasteiger partial charge < -0.3 is 10.4 Å². The Balaban J connectivity index is 2.16. The summed E-state index contributed by atoms with van der Waals surface area (Å²) in [4.78, 5) is 27.0. The van der Waals surface area contributed by atoms with Crippen molar-refractivity contribution in [3.8, 4) is 0 Å². The number of aromatic nitrogens is 1. The summed E-state index contributed by atoms with van der Waals surface area (Å²) in [5.41, 5.74) is 2.15. The first-order valence-corrected chi connectivity index (χ1v) is 6.64. The molecule has 0 radical (unpaired) electrons. The molecule has 5 heteroatoms. The Bertz CT molecular complexity index is 862. The predicted molar refractivity (Wildman–Crippen MR) is 84.7 cm³/mol. The number of amides is 1. The molecule has 108 valence electrons. The Hall–Kier alpha value is -3.21. The van der Waals surface area contributed by atoms with E-state index < -0.39 is 11.9 Å². The van der Waals surface area contributed by atoms with Gasteiger partial charge in [0.2, 0.25) is 5.91 Å². The van der Waals surface area contributed by atoms with E-state index >= 15 is 0 Å². The molecule has 5 nitrogen and oxygen atoms in total. The van der Waals surface area contributed by atoms with Gasteiger partial charge in [0.15, 0.2) is 0 Å². The first-order valence-electron chi connectivity index (χ1n) is 6.64. The van der Waals surface area contributed by atoms with Crippen LogP contribution >= 0.6 is 0 Å². The first-order chi connectivity index (χ1) is 10.6. The second kappa shape index (κ2) is 5.65. The van der Waals surface area contributed by atoms with Crippen LogP contribution in [0.5, 0.6) is 0 Å². The molecule has 0 aliphatic carbocycles. The Labute approximate surface area is 125 Å². The average molecular weight is 292 g/mol. The maximum Gasteiger partial charge on any atom is 0.328 e. The van der Waals surface area contributed by atoms with E-state index in [1.165, 1.54) is 0 Å². The summed E-state index contributed by atoms with van der Waals surface area (Å²) in [6.07, 6.45) is 1.80. The van der Waals surface area contributed by atoms with Gasteiger partial charge in [-0.05, 0) is 12.1 Å². The molecular formula is C17H12N2O3. The molecule has 22 heavy (non-hydrogen) atoms. The van der Waals surface area contributed by atoms with Crippen molar-refractivity contribution in [1.82, 2.24) is 4.98 Å². The van der Waals surface area contributed by atoms with Crippen LogP contribution in [0.15, 0.2) is 60.7 Å². The van der Waals surface area contributed by atoms with E-state index in [0.717, 1.165) is 34.0 Å². The average Bonchev–Trinajstić information content (AvgIpc) is 2.52. The van der Waals surface area contributed by atoms with Crippen molar-refractivity contribution in [2.24, 2.45) is 0 Å². The van der Waals surface area contributed by atoms with Crippen LogP contribution in [0.25, 0.3) is 21.8 Å². The smallest absolute Gasteiger partial charge is 0.328 e. The summed E-state index contributed by atoms with van der Waals surface area (Å²) in [7, 11) is 0. The van der Waals surface area contributed by atoms with Gasteiger partial charge >= 0.3 is 5.97 Å². The maximum absolute atomic E-state index is 11.9. The van der Waals surface area contributed by atoms with E-state index in [1.54, 1.807) is 0 Å². The van der Waals surface area contributed by atoms with E-state index in [2.05, 4.69) is 10.3 Å². The molecule has 1 aromatic heterocycles. The predicted octanol–water partition coefficient (Wildman–Crippen LogP) is 2.97. The molecule has 0 saturated heterocycles. The van der Waals surface area contributed by atoms with Crippen LogP contribution < -0.4 is 5.32 Å². The third-order valence-electron chi connectivity index (χ3n) is 3.21.